The molecule has 0 aromatic heterocycles. The van der Waals surface area contributed by atoms with Crippen LogP contribution < -0.4 is 11.1 Å². The van der Waals surface area contributed by atoms with Crippen molar-refractivity contribution in [2.75, 3.05) is 13.2 Å². The molecule has 0 aromatic rings. The Hall–Kier alpha value is -0.610. The molecule has 1 amide bonds. The second-order valence-corrected chi connectivity index (χ2v) is 5.54. The first-order valence-corrected chi connectivity index (χ1v) is 6.09. The molecule has 1 aliphatic rings. The minimum atomic E-state index is -0.556. The van der Waals surface area contributed by atoms with Gasteiger partial charge in [-0.2, -0.15) is 0 Å². The van der Waals surface area contributed by atoms with Gasteiger partial charge in [0.2, 0.25) is 5.91 Å². The van der Waals surface area contributed by atoms with Gasteiger partial charge in [0.25, 0.3) is 0 Å². The summed E-state index contributed by atoms with van der Waals surface area (Å²) in [6.45, 7) is 4.01. The summed E-state index contributed by atoms with van der Waals surface area (Å²) < 4.78 is 0. The van der Waals surface area contributed by atoms with Crippen molar-refractivity contribution in [1.29, 1.82) is 0 Å². The van der Waals surface area contributed by atoms with Gasteiger partial charge in [-0.3, -0.25) is 4.79 Å². The average molecular weight is 228 g/mol. The third kappa shape index (κ3) is 2.95. The van der Waals surface area contributed by atoms with E-state index in [4.69, 9.17) is 5.73 Å². The molecule has 0 aliphatic heterocycles. The van der Waals surface area contributed by atoms with Crippen molar-refractivity contribution in [3.8, 4) is 0 Å². The number of hydrogen-bond acceptors (Lipinski definition) is 3. The average Bonchev–Trinajstić information content (AvgIpc) is 2.30. The highest BCUT2D eigenvalue weighted by Crippen LogP contribution is 2.29. The summed E-state index contributed by atoms with van der Waals surface area (Å²) >= 11 is 0. The lowest BCUT2D eigenvalue weighted by atomic mass is 9.81. The van der Waals surface area contributed by atoms with Crippen LogP contribution in [-0.4, -0.2) is 29.7 Å². The topological polar surface area (TPSA) is 75.4 Å². The fourth-order valence-corrected chi connectivity index (χ4v) is 2.05. The zero-order valence-electron chi connectivity index (χ0n) is 10.4. The van der Waals surface area contributed by atoms with Crippen LogP contribution in [-0.2, 0) is 4.79 Å². The van der Waals surface area contributed by atoms with Crippen LogP contribution in [0.15, 0.2) is 0 Å². The monoisotopic (exact) mass is 228 g/mol. The molecule has 0 radical (unpaired) electrons. The standard InChI is InChI=1S/C12H24N2O2/c1-11(2,8-13)10(16)14-12(9-15)6-4-3-5-7-12/h15H,3-9,13H2,1-2H3,(H,14,16). The number of nitrogens with two attached hydrogens (primary N) is 1. The van der Waals surface area contributed by atoms with E-state index in [1.54, 1.807) is 0 Å². The molecule has 0 bridgehead atoms. The number of amides is 1. The Labute approximate surface area is 97.6 Å². The van der Waals surface area contributed by atoms with Crippen molar-refractivity contribution in [2.24, 2.45) is 11.1 Å². The van der Waals surface area contributed by atoms with Crippen LogP contribution in [0.4, 0.5) is 0 Å². The molecule has 4 heteroatoms. The van der Waals surface area contributed by atoms with Crippen LogP contribution in [0, 0.1) is 5.41 Å². The summed E-state index contributed by atoms with van der Waals surface area (Å²) in [5, 5.41) is 12.5. The van der Waals surface area contributed by atoms with Crippen molar-refractivity contribution in [3.63, 3.8) is 0 Å². The Kier molecular flexibility index (Phi) is 4.33. The van der Waals surface area contributed by atoms with Gasteiger partial charge in [0.15, 0.2) is 0 Å². The second-order valence-electron chi connectivity index (χ2n) is 5.54. The molecule has 1 aliphatic carbocycles. The van der Waals surface area contributed by atoms with E-state index in [0.717, 1.165) is 25.7 Å². The lowest BCUT2D eigenvalue weighted by Gasteiger charge is -2.38. The quantitative estimate of drug-likeness (QED) is 0.665. The highest BCUT2D eigenvalue weighted by Gasteiger charge is 2.36. The van der Waals surface area contributed by atoms with Gasteiger partial charge < -0.3 is 16.2 Å². The Bertz CT molecular complexity index is 245. The van der Waals surface area contributed by atoms with Crippen LogP contribution in [0.2, 0.25) is 0 Å². The number of aliphatic hydroxyl groups is 1. The Morgan fingerprint density at radius 1 is 1.38 bits per heavy atom. The predicted octanol–water partition coefficient (Wildman–Crippen LogP) is 0.783. The molecule has 0 spiro atoms. The van der Waals surface area contributed by atoms with Gasteiger partial charge >= 0.3 is 0 Å². The van der Waals surface area contributed by atoms with Crippen LogP contribution >= 0.6 is 0 Å². The van der Waals surface area contributed by atoms with Gasteiger partial charge in [-0.1, -0.05) is 19.3 Å². The minimum Gasteiger partial charge on any atom is -0.394 e. The molecular weight excluding hydrogens is 204 g/mol. The Morgan fingerprint density at radius 2 is 1.94 bits per heavy atom. The first-order valence-electron chi connectivity index (χ1n) is 6.09. The third-order valence-electron chi connectivity index (χ3n) is 3.62. The molecule has 1 fully saturated rings. The fraction of sp³-hybridized carbons (Fsp3) is 0.917. The SMILES string of the molecule is CC(C)(CN)C(=O)NC1(CO)CCCCC1. The van der Waals surface area contributed by atoms with Crippen LogP contribution in [0.3, 0.4) is 0 Å². The number of carbonyl (C=O) groups is 1. The molecule has 1 rings (SSSR count). The highest BCUT2D eigenvalue weighted by molar-refractivity contribution is 5.82. The maximum atomic E-state index is 12.0. The van der Waals surface area contributed by atoms with E-state index in [0.29, 0.717) is 6.54 Å². The molecule has 0 saturated heterocycles. The van der Waals surface area contributed by atoms with Crippen LogP contribution in [0.25, 0.3) is 0 Å². The van der Waals surface area contributed by atoms with E-state index < -0.39 is 11.0 Å². The molecule has 4 nitrogen and oxygen atoms in total. The third-order valence-corrected chi connectivity index (χ3v) is 3.62. The summed E-state index contributed by atoms with van der Waals surface area (Å²) in [4.78, 5) is 12.0. The van der Waals surface area contributed by atoms with Crippen molar-refractivity contribution in [2.45, 2.75) is 51.5 Å². The van der Waals surface area contributed by atoms with E-state index in [2.05, 4.69) is 5.32 Å². The summed E-state index contributed by atoms with van der Waals surface area (Å²) in [6.07, 6.45) is 5.08. The van der Waals surface area contributed by atoms with Gasteiger partial charge in [-0.05, 0) is 26.7 Å². The minimum absolute atomic E-state index is 0.0272. The first-order chi connectivity index (χ1) is 7.46. The van der Waals surface area contributed by atoms with E-state index in [9.17, 15) is 9.90 Å². The molecule has 16 heavy (non-hydrogen) atoms. The predicted molar refractivity (Wildman–Crippen MR) is 63.9 cm³/mol. The van der Waals surface area contributed by atoms with Crippen LogP contribution in [0.1, 0.15) is 46.0 Å². The largest absolute Gasteiger partial charge is 0.394 e. The molecule has 94 valence electrons. The first kappa shape index (κ1) is 13.5. The molecule has 0 atom stereocenters. The van der Waals surface area contributed by atoms with E-state index in [-0.39, 0.29) is 12.5 Å². The summed E-state index contributed by atoms with van der Waals surface area (Å²) in [5.41, 5.74) is 4.62. The van der Waals surface area contributed by atoms with Crippen molar-refractivity contribution < 1.29 is 9.90 Å². The molecule has 0 aromatic carbocycles. The fourth-order valence-electron chi connectivity index (χ4n) is 2.05. The number of nitrogens with one attached hydrogen (secondary N) is 1. The Morgan fingerprint density at radius 3 is 2.38 bits per heavy atom. The van der Waals surface area contributed by atoms with Crippen molar-refractivity contribution in [3.05, 3.63) is 0 Å². The number of carbonyl (C=O) groups excluding carboxylic acids is 1. The summed E-state index contributed by atoms with van der Waals surface area (Å²) in [7, 11) is 0. The maximum Gasteiger partial charge on any atom is 0.227 e. The summed E-state index contributed by atoms with van der Waals surface area (Å²) in [5.74, 6) is -0.0500. The van der Waals surface area contributed by atoms with E-state index >= 15 is 0 Å². The maximum absolute atomic E-state index is 12.0. The lowest BCUT2D eigenvalue weighted by Crippen LogP contribution is -2.56. The van der Waals surface area contributed by atoms with Crippen LogP contribution in [0.5, 0.6) is 0 Å². The smallest absolute Gasteiger partial charge is 0.227 e. The molecule has 0 heterocycles. The zero-order valence-corrected chi connectivity index (χ0v) is 10.4. The Balaban J connectivity index is 2.66. The number of hydrogen-bond donors (Lipinski definition) is 3. The lowest BCUT2D eigenvalue weighted by molar-refractivity contribution is -0.132. The van der Waals surface area contributed by atoms with Crippen molar-refractivity contribution in [1.82, 2.24) is 5.32 Å². The zero-order chi connectivity index (χ0) is 12.2. The normalized spacial score (nSPS) is 20.5. The molecule has 0 unspecified atom stereocenters. The molecule has 4 N–H and O–H groups in total. The van der Waals surface area contributed by atoms with Gasteiger partial charge in [0.1, 0.15) is 0 Å². The number of aliphatic hydroxyl groups excluding tert-OH is 1. The second kappa shape index (κ2) is 5.15. The summed E-state index contributed by atoms with van der Waals surface area (Å²) in [6, 6.07) is 0. The van der Waals surface area contributed by atoms with Gasteiger partial charge in [0.05, 0.1) is 17.6 Å². The van der Waals surface area contributed by atoms with E-state index in [1.807, 2.05) is 13.8 Å². The number of rotatable bonds is 4. The van der Waals surface area contributed by atoms with Gasteiger partial charge in [-0.15, -0.1) is 0 Å². The molecule has 1 saturated carbocycles. The molecular formula is C12H24N2O2. The van der Waals surface area contributed by atoms with Crippen molar-refractivity contribution >= 4 is 5.91 Å². The van der Waals surface area contributed by atoms with Gasteiger partial charge in [-0.25, -0.2) is 0 Å². The van der Waals surface area contributed by atoms with E-state index in [1.165, 1.54) is 6.42 Å². The van der Waals surface area contributed by atoms with Gasteiger partial charge in [0, 0.05) is 6.54 Å². The highest BCUT2D eigenvalue weighted by atomic mass is 16.3.